The number of piperidine rings is 1. The molecule has 0 aliphatic carbocycles. The normalized spacial score (nSPS) is 27.2. The zero-order chi connectivity index (χ0) is 12.5. The molecule has 0 aromatic rings. The molecule has 2 aliphatic heterocycles. The summed E-state index contributed by atoms with van der Waals surface area (Å²) in [6.45, 7) is 2.35. The number of amides is 4. The molecule has 0 aromatic heterocycles. The van der Waals surface area contributed by atoms with Crippen LogP contribution in [0.25, 0.3) is 0 Å². The Morgan fingerprint density at radius 2 is 2.24 bits per heavy atom. The first-order chi connectivity index (χ1) is 8.07. The van der Waals surface area contributed by atoms with Crippen molar-refractivity contribution in [2.75, 3.05) is 13.1 Å². The molecule has 2 aliphatic rings. The Labute approximate surface area is 98.7 Å². The molecule has 2 rings (SSSR count). The Bertz CT molecular complexity index is 449. The van der Waals surface area contributed by atoms with E-state index in [9.17, 15) is 14.4 Å². The second kappa shape index (κ2) is 4.09. The van der Waals surface area contributed by atoms with Crippen molar-refractivity contribution < 1.29 is 14.4 Å². The quantitative estimate of drug-likeness (QED) is 0.426. The number of hydrogen-bond donors (Lipinski definition) is 2. The lowest BCUT2D eigenvalue weighted by atomic mass is 9.89. The Morgan fingerprint density at radius 3 is 2.82 bits per heavy atom. The lowest BCUT2D eigenvalue weighted by Crippen LogP contribution is -2.59. The van der Waals surface area contributed by atoms with E-state index in [0.29, 0.717) is 19.4 Å². The summed E-state index contributed by atoms with van der Waals surface area (Å²) in [6, 6.07) is -0.495. The highest BCUT2D eigenvalue weighted by Gasteiger charge is 2.49. The maximum absolute atomic E-state index is 11.7. The van der Waals surface area contributed by atoms with Crippen LogP contribution in [0.2, 0.25) is 0 Å². The van der Waals surface area contributed by atoms with E-state index in [-0.39, 0.29) is 18.4 Å². The zero-order valence-electron chi connectivity index (χ0n) is 9.50. The Balaban J connectivity index is 2.16. The van der Waals surface area contributed by atoms with Gasteiger partial charge in [0.2, 0.25) is 0 Å². The smallest absolute Gasteiger partial charge is 0.322 e. The Hall–Kier alpha value is -2.03. The molecule has 2 fully saturated rings. The fourth-order valence-electron chi connectivity index (χ4n) is 2.23. The molecule has 1 spiro atoms. The van der Waals surface area contributed by atoms with Gasteiger partial charge in [0, 0.05) is 6.54 Å². The van der Waals surface area contributed by atoms with Gasteiger partial charge in [0.1, 0.15) is 5.54 Å². The molecule has 2 heterocycles. The van der Waals surface area contributed by atoms with E-state index in [1.54, 1.807) is 6.92 Å². The molecule has 0 aromatic carbocycles. The lowest BCUT2D eigenvalue weighted by molar-refractivity contribution is -0.131. The van der Waals surface area contributed by atoms with E-state index < -0.39 is 11.6 Å². The number of urea groups is 1. The number of likely N-dealkylation sites (tertiary alicyclic amines) is 1. The molecule has 4 amide bonds. The van der Waals surface area contributed by atoms with E-state index in [2.05, 4.69) is 22.5 Å². The summed E-state index contributed by atoms with van der Waals surface area (Å²) in [6.07, 6.45) is 1.22. The average Bonchev–Trinajstić information content (AvgIpc) is 2.54. The first-order valence-electron chi connectivity index (χ1n) is 5.43. The molecule has 0 saturated carbocycles. The number of hydrogen-bond acceptors (Lipinski definition) is 3. The summed E-state index contributed by atoms with van der Waals surface area (Å²) in [4.78, 5) is 36.0. The minimum Gasteiger partial charge on any atom is -0.329 e. The molecule has 0 radical (unpaired) electrons. The second-order valence-electron chi connectivity index (χ2n) is 4.20. The monoisotopic (exact) mass is 235 g/mol. The van der Waals surface area contributed by atoms with Gasteiger partial charge in [-0.05, 0) is 25.7 Å². The number of rotatable bonds is 0. The third-order valence-electron chi connectivity index (χ3n) is 3.03. The van der Waals surface area contributed by atoms with Crippen molar-refractivity contribution in [3.05, 3.63) is 0 Å². The first kappa shape index (κ1) is 11.5. The molecule has 6 heteroatoms. The van der Waals surface area contributed by atoms with Crippen molar-refractivity contribution >= 4 is 17.8 Å². The van der Waals surface area contributed by atoms with Crippen molar-refractivity contribution in [3.63, 3.8) is 0 Å². The Morgan fingerprint density at radius 1 is 1.47 bits per heavy atom. The van der Waals surface area contributed by atoms with Gasteiger partial charge in [0.05, 0.1) is 6.54 Å². The maximum atomic E-state index is 11.7. The van der Waals surface area contributed by atoms with E-state index in [1.165, 1.54) is 4.90 Å². The highest BCUT2D eigenvalue weighted by Crippen LogP contribution is 2.24. The molecule has 0 bridgehead atoms. The van der Waals surface area contributed by atoms with Crippen molar-refractivity contribution in [2.45, 2.75) is 25.3 Å². The fourth-order valence-corrected chi connectivity index (χ4v) is 2.23. The lowest BCUT2D eigenvalue weighted by Gasteiger charge is -2.37. The number of carbonyl (C=O) groups excluding carboxylic acids is 3. The third-order valence-corrected chi connectivity index (χ3v) is 3.03. The molecular formula is C11H13N3O3. The van der Waals surface area contributed by atoms with Gasteiger partial charge in [0.15, 0.2) is 0 Å². The number of nitrogens with one attached hydrogen (secondary N) is 2. The van der Waals surface area contributed by atoms with Crippen LogP contribution in [0.5, 0.6) is 0 Å². The Kier molecular flexibility index (Phi) is 2.76. The summed E-state index contributed by atoms with van der Waals surface area (Å²) in [5, 5.41) is 4.81. The number of carbonyl (C=O) groups is 3. The van der Waals surface area contributed by atoms with Crippen LogP contribution in [0.3, 0.4) is 0 Å². The average molecular weight is 235 g/mol. The van der Waals surface area contributed by atoms with Crippen molar-refractivity contribution in [3.8, 4) is 11.8 Å². The zero-order valence-corrected chi connectivity index (χ0v) is 9.50. The van der Waals surface area contributed by atoms with Crippen LogP contribution in [0.15, 0.2) is 0 Å². The van der Waals surface area contributed by atoms with Crippen LogP contribution < -0.4 is 10.6 Å². The van der Waals surface area contributed by atoms with Gasteiger partial charge < -0.3 is 10.2 Å². The predicted octanol–water partition coefficient (Wildman–Crippen LogP) is -0.790. The van der Waals surface area contributed by atoms with Crippen LogP contribution in [0.4, 0.5) is 4.79 Å². The maximum Gasteiger partial charge on any atom is 0.322 e. The van der Waals surface area contributed by atoms with Gasteiger partial charge in [-0.3, -0.25) is 14.9 Å². The van der Waals surface area contributed by atoms with Crippen LogP contribution in [0, 0.1) is 11.8 Å². The molecule has 90 valence electrons. The van der Waals surface area contributed by atoms with Crippen LogP contribution in [-0.4, -0.2) is 41.4 Å². The largest absolute Gasteiger partial charge is 0.329 e. The molecule has 6 nitrogen and oxygen atoms in total. The highest BCUT2D eigenvalue weighted by atomic mass is 16.2. The van der Waals surface area contributed by atoms with Gasteiger partial charge in [-0.25, -0.2) is 4.79 Å². The summed E-state index contributed by atoms with van der Waals surface area (Å²) in [5.74, 6) is 4.31. The summed E-state index contributed by atoms with van der Waals surface area (Å²) >= 11 is 0. The van der Waals surface area contributed by atoms with Crippen molar-refractivity contribution in [2.24, 2.45) is 0 Å². The van der Waals surface area contributed by atoms with Crippen LogP contribution in [0.1, 0.15) is 19.8 Å². The summed E-state index contributed by atoms with van der Waals surface area (Å²) < 4.78 is 0. The SMILES string of the molecule is CC#CC(=O)N1CCCC2(C1)NC(=O)NC2=O. The number of nitrogens with zero attached hydrogens (tertiary/aromatic N) is 1. The van der Waals surface area contributed by atoms with E-state index in [4.69, 9.17) is 0 Å². The molecule has 2 saturated heterocycles. The van der Waals surface area contributed by atoms with Gasteiger partial charge >= 0.3 is 6.03 Å². The predicted molar refractivity (Wildman–Crippen MR) is 58.7 cm³/mol. The number of imide groups is 1. The molecule has 1 unspecified atom stereocenters. The van der Waals surface area contributed by atoms with E-state index in [0.717, 1.165) is 0 Å². The fraction of sp³-hybridized carbons (Fsp3) is 0.545. The molecule has 2 N–H and O–H groups in total. The standard InChI is InChI=1S/C11H13N3O3/c1-2-4-8(15)14-6-3-5-11(7-14)9(16)12-10(17)13-11/h3,5-7H2,1H3,(H2,12,13,16,17). The van der Waals surface area contributed by atoms with Gasteiger partial charge in [-0.2, -0.15) is 0 Å². The van der Waals surface area contributed by atoms with Crippen LogP contribution >= 0.6 is 0 Å². The second-order valence-corrected chi connectivity index (χ2v) is 4.20. The van der Waals surface area contributed by atoms with Crippen molar-refractivity contribution in [1.82, 2.24) is 15.5 Å². The van der Waals surface area contributed by atoms with E-state index >= 15 is 0 Å². The third kappa shape index (κ3) is 1.96. The topological polar surface area (TPSA) is 78.5 Å². The molecular weight excluding hydrogens is 222 g/mol. The summed E-state index contributed by atoms with van der Waals surface area (Å²) in [5.41, 5.74) is -0.958. The van der Waals surface area contributed by atoms with Gasteiger partial charge in [-0.1, -0.05) is 5.92 Å². The summed E-state index contributed by atoms with van der Waals surface area (Å²) in [7, 11) is 0. The van der Waals surface area contributed by atoms with Gasteiger partial charge in [0.25, 0.3) is 11.8 Å². The van der Waals surface area contributed by atoms with Crippen LogP contribution in [-0.2, 0) is 9.59 Å². The van der Waals surface area contributed by atoms with Gasteiger partial charge in [-0.15, -0.1) is 0 Å². The minimum absolute atomic E-state index is 0.193. The first-order valence-corrected chi connectivity index (χ1v) is 5.43. The highest BCUT2D eigenvalue weighted by molar-refractivity contribution is 6.07. The van der Waals surface area contributed by atoms with E-state index in [1.807, 2.05) is 0 Å². The minimum atomic E-state index is -0.958. The molecule has 1 atom stereocenters. The molecule has 17 heavy (non-hydrogen) atoms. The van der Waals surface area contributed by atoms with Crippen molar-refractivity contribution in [1.29, 1.82) is 0 Å².